The first-order chi connectivity index (χ1) is 12.3. The third-order valence-corrected chi connectivity index (χ3v) is 4.22. The number of ketones is 1. The van der Waals surface area contributed by atoms with Crippen LogP contribution in [0.5, 0.6) is 0 Å². The Bertz CT molecular complexity index is 782. The minimum atomic E-state index is -1.18. The van der Waals surface area contributed by atoms with Gasteiger partial charge in [0.05, 0.1) is 11.5 Å². The van der Waals surface area contributed by atoms with Crippen molar-refractivity contribution in [3.63, 3.8) is 0 Å². The molecule has 0 aromatic heterocycles. The quantitative estimate of drug-likeness (QED) is 0.644. The minimum Gasteiger partial charge on any atom is -0.511 e. The fraction of sp³-hybridized carbons (Fsp3) is 0.316. The number of carbonyl (C=O) groups excluding carboxylic acids is 2. The molecule has 138 valence electrons. The molecule has 1 aliphatic carbocycles. The van der Waals surface area contributed by atoms with Crippen LogP contribution in [0.2, 0.25) is 0 Å². The first kappa shape index (κ1) is 19.2. The second-order valence-corrected chi connectivity index (χ2v) is 6.11. The van der Waals surface area contributed by atoms with E-state index >= 15 is 0 Å². The molecular weight excluding hydrogens is 336 g/mol. The van der Waals surface area contributed by atoms with E-state index in [1.807, 2.05) is 18.0 Å². The van der Waals surface area contributed by atoms with Gasteiger partial charge in [-0.2, -0.15) is 0 Å². The zero-order valence-corrected chi connectivity index (χ0v) is 14.7. The van der Waals surface area contributed by atoms with Crippen molar-refractivity contribution < 1.29 is 24.6 Å². The van der Waals surface area contributed by atoms with E-state index in [0.29, 0.717) is 13.1 Å². The monoisotopic (exact) mass is 358 g/mol. The molecule has 0 heterocycles. The van der Waals surface area contributed by atoms with Crippen molar-refractivity contribution in [2.45, 2.75) is 13.3 Å². The van der Waals surface area contributed by atoms with Crippen molar-refractivity contribution in [1.82, 2.24) is 10.2 Å². The first-order valence-electron chi connectivity index (χ1n) is 8.24. The molecule has 1 atom stereocenters. The number of likely N-dealkylation sites (N-methyl/N-ethyl adjacent to an activating group) is 1. The van der Waals surface area contributed by atoms with Crippen molar-refractivity contribution in [1.29, 1.82) is 0 Å². The number of hydrogen-bond acceptors (Lipinski definition) is 5. The lowest BCUT2D eigenvalue weighted by Crippen LogP contribution is -2.32. The third kappa shape index (κ3) is 4.50. The Morgan fingerprint density at radius 1 is 1.23 bits per heavy atom. The normalized spacial score (nSPS) is 16.3. The number of nitrogens with zero attached hydrogens (tertiary/aromatic N) is 1. The predicted octanol–water partition coefficient (Wildman–Crippen LogP) is 1.98. The summed E-state index contributed by atoms with van der Waals surface area (Å²) in [5, 5.41) is 22.2. The summed E-state index contributed by atoms with van der Waals surface area (Å²) in [7, 11) is 1.82. The van der Waals surface area contributed by atoms with E-state index in [-0.39, 0.29) is 29.2 Å². The van der Waals surface area contributed by atoms with Gasteiger partial charge in [-0.25, -0.2) is 4.79 Å². The van der Waals surface area contributed by atoms with Crippen LogP contribution in [0.15, 0.2) is 47.9 Å². The fourth-order valence-corrected chi connectivity index (χ4v) is 2.78. The molecule has 1 unspecified atom stereocenters. The molecule has 1 aromatic rings. The Balaban J connectivity index is 2.10. The number of hydrogen-bond donors (Lipinski definition) is 3. The molecule has 0 saturated carbocycles. The summed E-state index contributed by atoms with van der Waals surface area (Å²) in [5.74, 6) is -2.62. The van der Waals surface area contributed by atoms with Gasteiger partial charge in [0.15, 0.2) is 5.78 Å². The Kier molecular flexibility index (Phi) is 6.16. The zero-order valence-electron chi connectivity index (χ0n) is 14.7. The lowest BCUT2D eigenvalue weighted by atomic mass is 9.87. The number of rotatable bonds is 7. The summed E-state index contributed by atoms with van der Waals surface area (Å²) < 4.78 is 0. The third-order valence-electron chi connectivity index (χ3n) is 4.22. The van der Waals surface area contributed by atoms with Crippen LogP contribution in [0, 0.1) is 5.92 Å². The average molecular weight is 358 g/mol. The Labute approximate surface area is 151 Å². The molecule has 0 spiro atoms. The molecule has 7 heteroatoms. The highest BCUT2D eigenvalue weighted by Gasteiger charge is 2.29. The highest BCUT2D eigenvalue weighted by Crippen LogP contribution is 2.28. The number of carboxylic acids is 1. The summed E-state index contributed by atoms with van der Waals surface area (Å²) in [4.78, 5) is 36.8. The van der Waals surface area contributed by atoms with Crippen molar-refractivity contribution >= 4 is 17.7 Å². The number of aromatic carboxylic acids is 1. The van der Waals surface area contributed by atoms with Crippen LogP contribution in [0.1, 0.15) is 34.1 Å². The molecular formula is C19H22N2O5. The van der Waals surface area contributed by atoms with Gasteiger partial charge < -0.3 is 20.4 Å². The number of aliphatic hydroxyl groups excluding tert-OH is 1. The largest absolute Gasteiger partial charge is 0.511 e. The Morgan fingerprint density at radius 2 is 1.88 bits per heavy atom. The number of carboxylic acid groups (broad SMARTS) is 1. The summed E-state index contributed by atoms with van der Waals surface area (Å²) >= 11 is 0. The van der Waals surface area contributed by atoms with Gasteiger partial charge in [0.25, 0.3) is 0 Å². The summed E-state index contributed by atoms with van der Waals surface area (Å²) in [6, 6.07) is 5.98. The summed E-state index contributed by atoms with van der Waals surface area (Å²) in [5.41, 5.74) is 0.747. The van der Waals surface area contributed by atoms with E-state index in [0.717, 1.165) is 5.70 Å². The van der Waals surface area contributed by atoms with Gasteiger partial charge in [0, 0.05) is 38.3 Å². The number of aliphatic hydroxyl groups is 1. The van der Waals surface area contributed by atoms with E-state index in [2.05, 4.69) is 5.32 Å². The molecule has 0 fully saturated rings. The van der Waals surface area contributed by atoms with Crippen LogP contribution in [-0.2, 0) is 4.79 Å². The van der Waals surface area contributed by atoms with E-state index in [1.165, 1.54) is 25.1 Å². The topological polar surface area (TPSA) is 107 Å². The fourth-order valence-electron chi connectivity index (χ4n) is 2.78. The number of allylic oxidation sites excluding steroid dienone is 3. The highest BCUT2D eigenvalue weighted by atomic mass is 16.4. The highest BCUT2D eigenvalue weighted by molar-refractivity contribution is 6.07. The number of Topliss-reactive ketones (excluding diaryl/α,β-unsaturated/α-hetero) is 1. The molecule has 0 bridgehead atoms. The smallest absolute Gasteiger partial charge is 0.336 e. The van der Waals surface area contributed by atoms with Gasteiger partial charge in [0.2, 0.25) is 5.91 Å². The van der Waals surface area contributed by atoms with Crippen molar-refractivity contribution in [3.8, 4) is 0 Å². The average Bonchev–Trinajstić information content (AvgIpc) is 2.60. The van der Waals surface area contributed by atoms with Crippen LogP contribution < -0.4 is 5.32 Å². The maximum Gasteiger partial charge on any atom is 0.336 e. The second kappa shape index (κ2) is 8.33. The van der Waals surface area contributed by atoms with Crippen LogP contribution in [0.4, 0.5) is 0 Å². The Morgan fingerprint density at radius 3 is 2.46 bits per heavy atom. The van der Waals surface area contributed by atoms with Crippen LogP contribution in [0.25, 0.3) is 0 Å². The van der Waals surface area contributed by atoms with Gasteiger partial charge >= 0.3 is 5.97 Å². The molecule has 1 aromatic carbocycles. The van der Waals surface area contributed by atoms with E-state index in [1.54, 1.807) is 12.1 Å². The van der Waals surface area contributed by atoms with Crippen molar-refractivity contribution in [2.75, 3.05) is 20.1 Å². The molecule has 1 aliphatic rings. The number of nitrogens with one attached hydrogen (secondary N) is 1. The van der Waals surface area contributed by atoms with Crippen LogP contribution in [0.3, 0.4) is 0 Å². The van der Waals surface area contributed by atoms with E-state index in [9.17, 15) is 24.6 Å². The van der Waals surface area contributed by atoms with Gasteiger partial charge in [0.1, 0.15) is 5.76 Å². The van der Waals surface area contributed by atoms with Gasteiger partial charge in [-0.15, -0.1) is 0 Å². The molecule has 0 saturated heterocycles. The van der Waals surface area contributed by atoms with Crippen LogP contribution >= 0.6 is 0 Å². The second-order valence-electron chi connectivity index (χ2n) is 6.11. The molecule has 0 aliphatic heterocycles. The zero-order chi connectivity index (χ0) is 19.3. The molecule has 7 nitrogen and oxygen atoms in total. The van der Waals surface area contributed by atoms with Crippen molar-refractivity contribution in [2.24, 2.45) is 5.92 Å². The number of carbonyl (C=O) groups is 3. The number of amides is 1. The maximum atomic E-state index is 12.7. The van der Waals surface area contributed by atoms with E-state index in [4.69, 9.17) is 0 Å². The SMILES string of the molecule is CC(=O)NCCN(C)C1=CCC(C(=O)c2ccccc2C(=O)O)C(O)=C1. The molecule has 2 rings (SSSR count). The van der Waals surface area contributed by atoms with Crippen LogP contribution in [-0.4, -0.2) is 52.9 Å². The molecule has 0 radical (unpaired) electrons. The number of benzene rings is 1. The lowest BCUT2D eigenvalue weighted by Gasteiger charge is -2.26. The lowest BCUT2D eigenvalue weighted by molar-refractivity contribution is -0.118. The maximum absolute atomic E-state index is 12.7. The Hall–Kier alpha value is -3.09. The van der Waals surface area contributed by atoms with Gasteiger partial charge in [-0.05, 0) is 18.6 Å². The van der Waals surface area contributed by atoms with Gasteiger partial charge in [-0.1, -0.05) is 24.3 Å². The summed E-state index contributed by atoms with van der Waals surface area (Å²) in [6.45, 7) is 2.46. The van der Waals surface area contributed by atoms with Crippen molar-refractivity contribution in [3.05, 3.63) is 59.0 Å². The summed E-state index contributed by atoms with van der Waals surface area (Å²) in [6.07, 6.45) is 3.59. The molecule has 1 amide bonds. The van der Waals surface area contributed by atoms with Gasteiger partial charge in [-0.3, -0.25) is 9.59 Å². The van der Waals surface area contributed by atoms with E-state index < -0.39 is 17.7 Å². The molecule has 26 heavy (non-hydrogen) atoms. The molecule has 3 N–H and O–H groups in total. The first-order valence-corrected chi connectivity index (χ1v) is 8.24. The minimum absolute atomic E-state index is 0.0764. The predicted molar refractivity (Wildman–Crippen MR) is 95.9 cm³/mol. The standard InChI is InChI=1S/C19H22N2O5/c1-12(22)20-9-10-21(2)13-7-8-16(17(23)11-13)18(24)14-5-3-4-6-15(14)19(25)26/h3-7,11,16,23H,8-10H2,1-2H3,(H,20,22)(H,25,26).